The molecular formula is C17H18BrN3O3S. The number of carbonyl (C=O) groups is 3. The number of benzene rings is 1. The van der Waals surface area contributed by atoms with Crippen molar-refractivity contribution in [1.82, 2.24) is 16.0 Å². The molecule has 8 heteroatoms. The Morgan fingerprint density at radius 1 is 1.04 bits per heavy atom. The van der Waals surface area contributed by atoms with Gasteiger partial charge in [-0.05, 0) is 30.0 Å². The number of nitrogens with one attached hydrogen (secondary N) is 3. The van der Waals surface area contributed by atoms with Crippen molar-refractivity contribution in [3.8, 4) is 0 Å². The molecule has 1 unspecified atom stereocenters. The van der Waals surface area contributed by atoms with Crippen LogP contribution in [0.4, 0.5) is 0 Å². The zero-order valence-corrected chi connectivity index (χ0v) is 15.9. The normalized spacial score (nSPS) is 11.4. The highest BCUT2D eigenvalue weighted by molar-refractivity contribution is 9.10. The molecule has 3 N–H and O–H groups in total. The van der Waals surface area contributed by atoms with Crippen LogP contribution in [0.15, 0.2) is 46.3 Å². The highest BCUT2D eigenvalue weighted by Gasteiger charge is 2.13. The van der Waals surface area contributed by atoms with Crippen molar-refractivity contribution in [1.29, 1.82) is 0 Å². The summed E-state index contributed by atoms with van der Waals surface area (Å²) in [5, 5.41) is 9.58. The van der Waals surface area contributed by atoms with Gasteiger partial charge in [-0.3, -0.25) is 14.4 Å². The topological polar surface area (TPSA) is 87.3 Å². The number of rotatable bonds is 7. The van der Waals surface area contributed by atoms with Crippen LogP contribution in [0.3, 0.4) is 0 Å². The minimum atomic E-state index is -0.423. The van der Waals surface area contributed by atoms with E-state index >= 15 is 0 Å². The summed E-state index contributed by atoms with van der Waals surface area (Å²) in [6.07, 6.45) is 0. The molecule has 1 heterocycles. The van der Waals surface area contributed by atoms with Gasteiger partial charge in [0.05, 0.1) is 24.0 Å². The molecule has 1 aromatic carbocycles. The summed E-state index contributed by atoms with van der Waals surface area (Å²) in [4.78, 5) is 35.9. The van der Waals surface area contributed by atoms with E-state index in [0.717, 1.165) is 10.0 Å². The van der Waals surface area contributed by atoms with Gasteiger partial charge in [0.1, 0.15) is 0 Å². The number of hydrogen-bond donors (Lipinski definition) is 3. The summed E-state index contributed by atoms with van der Waals surface area (Å²) in [5.41, 5.74) is 0.949. The maximum atomic E-state index is 11.9. The van der Waals surface area contributed by atoms with Crippen molar-refractivity contribution in [3.63, 3.8) is 0 Å². The number of thiophene rings is 1. The van der Waals surface area contributed by atoms with Crippen LogP contribution < -0.4 is 16.0 Å². The first-order chi connectivity index (χ1) is 12.0. The van der Waals surface area contributed by atoms with Crippen LogP contribution in [0.5, 0.6) is 0 Å². The minimum absolute atomic E-state index is 0.150. The second kappa shape index (κ2) is 9.33. The average Bonchev–Trinajstić information content (AvgIpc) is 3.12. The Balaban J connectivity index is 1.71. The van der Waals surface area contributed by atoms with Gasteiger partial charge in [-0.25, -0.2) is 0 Å². The fourth-order valence-corrected chi connectivity index (χ4v) is 3.36. The fraction of sp³-hybridized carbons (Fsp3) is 0.235. The Morgan fingerprint density at radius 3 is 2.44 bits per heavy atom. The van der Waals surface area contributed by atoms with Crippen molar-refractivity contribution >= 4 is 45.0 Å². The third-order valence-corrected chi connectivity index (χ3v) is 4.94. The Morgan fingerprint density at radius 2 is 1.76 bits per heavy atom. The lowest BCUT2D eigenvalue weighted by Crippen LogP contribution is -2.42. The van der Waals surface area contributed by atoms with Crippen LogP contribution in [0.2, 0.25) is 0 Å². The molecule has 0 saturated carbocycles. The van der Waals surface area contributed by atoms with Gasteiger partial charge >= 0.3 is 0 Å². The Bertz CT molecular complexity index is 749. The number of carbonyl (C=O) groups excluding carboxylic acids is 3. The molecule has 0 fully saturated rings. The van der Waals surface area contributed by atoms with E-state index in [1.165, 1.54) is 11.3 Å². The predicted molar refractivity (Wildman–Crippen MR) is 100 cm³/mol. The van der Waals surface area contributed by atoms with Crippen LogP contribution in [-0.4, -0.2) is 30.8 Å². The van der Waals surface area contributed by atoms with Gasteiger partial charge in [0, 0.05) is 4.47 Å². The minimum Gasteiger partial charge on any atom is -0.348 e. The molecule has 1 atom stereocenters. The molecule has 6 nitrogen and oxygen atoms in total. The van der Waals surface area contributed by atoms with Crippen LogP contribution >= 0.6 is 27.3 Å². The van der Waals surface area contributed by atoms with Crippen molar-refractivity contribution in [3.05, 3.63) is 56.7 Å². The summed E-state index contributed by atoms with van der Waals surface area (Å²) >= 11 is 4.73. The molecule has 3 amide bonds. The molecule has 0 radical (unpaired) electrons. The lowest BCUT2D eigenvalue weighted by Gasteiger charge is -2.16. The molecule has 0 aliphatic carbocycles. The molecular weight excluding hydrogens is 406 g/mol. The monoisotopic (exact) mass is 423 g/mol. The zero-order valence-electron chi connectivity index (χ0n) is 13.5. The Kier molecular flexibility index (Phi) is 7.15. The van der Waals surface area contributed by atoms with Crippen LogP contribution in [-0.2, 0) is 9.59 Å². The molecule has 132 valence electrons. The molecule has 0 aliphatic heterocycles. The van der Waals surface area contributed by atoms with E-state index in [2.05, 4.69) is 31.9 Å². The van der Waals surface area contributed by atoms with E-state index in [1.807, 2.05) is 31.2 Å². The third kappa shape index (κ3) is 5.99. The van der Waals surface area contributed by atoms with E-state index < -0.39 is 5.91 Å². The Labute approximate surface area is 158 Å². The van der Waals surface area contributed by atoms with Gasteiger partial charge in [-0.15, -0.1) is 11.3 Å². The van der Waals surface area contributed by atoms with Gasteiger partial charge < -0.3 is 16.0 Å². The third-order valence-electron chi connectivity index (χ3n) is 3.35. The lowest BCUT2D eigenvalue weighted by atomic mass is 10.1. The van der Waals surface area contributed by atoms with Gasteiger partial charge in [-0.2, -0.15) is 0 Å². The van der Waals surface area contributed by atoms with Crippen molar-refractivity contribution in [2.75, 3.05) is 13.1 Å². The number of amides is 3. The molecule has 1 aromatic heterocycles. The smallest absolute Gasteiger partial charge is 0.261 e. The first kappa shape index (κ1) is 19.1. The van der Waals surface area contributed by atoms with E-state index in [1.54, 1.807) is 17.5 Å². The summed E-state index contributed by atoms with van der Waals surface area (Å²) < 4.78 is 0.906. The van der Waals surface area contributed by atoms with Crippen LogP contribution in [0.25, 0.3) is 0 Å². The fourth-order valence-electron chi connectivity index (χ4n) is 2.09. The van der Waals surface area contributed by atoms with Gasteiger partial charge in [0.25, 0.3) is 5.91 Å². The summed E-state index contributed by atoms with van der Waals surface area (Å²) in [5.74, 6) is -1.04. The molecule has 0 aliphatic rings. The number of hydrogen-bond acceptors (Lipinski definition) is 4. The standard InChI is InChI=1S/C17H18BrN3O3S/c1-11(12-5-2-3-6-13(12)18)21-16(23)10-19-15(22)9-20-17(24)14-7-4-8-25-14/h2-8,11H,9-10H2,1H3,(H,19,22)(H,20,24)(H,21,23). The molecule has 0 spiro atoms. The summed E-state index contributed by atoms with van der Waals surface area (Å²) in [6.45, 7) is 1.54. The lowest BCUT2D eigenvalue weighted by molar-refractivity contribution is -0.125. The quantitative estimate of drug-likeness (QED) is 0.637. The van der Waals surface area contributed by atoms with Crippen molar-refractivity contribution in [2.45, 2.75) is 13.0 Å². The molecule has 25 heavy (non-hydrogen) atoms. The highest BCUT2D eigenvalue weighted by atomic mass is 79.9. The second-order valence-corrected chi connectivity index (χ2v) is 7.05. The molecule has 0 bridgehead atoms. The summed E-state index contributed by atoms with van der Waals surface area (Å²) in [6, 6.07) is 10.8. The SMILES string of the molecule is CC(NC(=O)CNC(=O)CNC(=O)c1cccs1)c1ccccc1Br. The number of halogens is 1. The molecule has 2 aromatic rings. The first-order valence-electron chi connectivity index (χ1n) is 7.59. The predicted octanol–water partition coefficient (Wildman–Crippen LogP) is 2.23. The van der Waals surface area contributed by atoms with Gasteiger partial charge in [0.2, 0.25) is 11.8 Å². The first-order valence-corrected chi connectivity index (χ1v) is 9.27. The van der Waals surface area contributed by atoms with E-state index in [4.69, 9.17) is 0 Å². The summed E-state index contributed by atoms with van der Waals surface area (Å²) in [7, 11) is 0. The largest absolute Gasteiger partial charge is 0.348 e. The highest BCUT2D eigenvalue weighted by Crippen LogP contribution is 2.22. The van der Waals surface area contributed by atoms with Gasteiger partial charge in [-0.1, -0.05) is 40.2 Å². The second-order valence-electron chi connectivity index (χ2n) is 5.25. The van der Waals surface area contributed by atoms with Crippen molar-refractivity contribution in [2.24, 2.45) is 0 Å². The van der Waals surface area contributed by atoms with E-state index in [9.17, 15) is 14.4 Å². The Hall–Kier alpha value is -2.19. The van der Waals surface area contributed by atoms with E-state index in [0.29, 0.717) is 4.88 Å². The van der Waals surface area contributed by atoms with Crippen LogP contribution in [0.1, 0.15) is 28.2 Å². The maximum Gasteiger partial charge on any atom is 0.261 e. The van der Waals surface area contributed by atoms with E-state index in [-0.39, 0.29) is 30.9 Å². The average molecular weight is 424 g/mol. The van der Waals surface area contributed by atoms with Crippen LogP contribution in [0, 0.1) is 0 Å². The maximum absolute atomic E-state index is 11.9. The van der Waals surface area contributed by atoms with Gasteiger partial charge in [0.15, 0.2) is 0 Å². The van der Waals surface area contributed by atoms with Crippen molar-refractivity contribution < 1.29 is 14.4 Å². The zero-order chi connectivity index (χ0) is 18.2. The molecule has 0 saturated heterocycles. The molecule has 2 rings (SSSR count).